The predicted molar refractivity (Wildman–Crippen MR) is 75.7 cm³/mol. The molecule has 20 heavy (non-hydrogen) atoms. The van der Waals surface area contributed by atoms with Crippen molar-refractivity contribution in [3.8, 4) is 11.4 Å². The zero-order valence-electron chi connectivity index (χ0n) is 11.7. The highest BCUT2D eigenvalue weighted by molar-refractivity contribution is 5.68. The zero-order valence-corrected chi connectivity index (χ0v) is 11.7. The van der Waals surface area contributed by atoms with Gasteiger partial charge < -0.3 is 10.7 Å². The van der Waals surface area contributed by atoms with Gasteiger partial charge in [-0.05, 0) is 12.8 Å². The summed E-state index contributed by atoms with van der Waals surface area (Å²) in [5.41, 5.74) is 7.38. The SMILES string of the molecule is CC1CCc2[nH]c(-c3c(N)n(C)c(=O)n(C)c3=O)nc21. The molecule has 0 saturated heterocycles. The quantitative estimate of drug-likeness (QED) is 0.771. The fourth-order valence-corrected chi connectivity index (χ4v) is 2.72. The molecule has 3 N–H and O–H groups in total. The number of hydrogen-bond acceptors (Lipinski definition) is 4. The van der Waals surface area contributed by atoms with Gasteiger partial charge in [0.05, 0.1) is 5.69 Å². The molecule has 0 fully saturated rings. The van der Waals surface area contributed by atoms with Gasteiger partial charge in [0.15, 0.2) is 0 Å². The maximum Gasteiger partial charge on any atom is 0.332 e. The van der Waals surface area contributed by atoms with Gasteiger partial charge in [-0.25, -0.2) is 9.78 Å². The third kappa shape index (κ3) is 1.55. The molecule has 0 aromatic carbocycles. The van der Waals surface area contributed by atoms with Gasteiger partial charge in [0.2, 0.25) is 0 Å². The van der Waals surface area contributed by atoms with Gasteiger partial charge in [0.25, 0.3) is 5.56 Å². The Morgan fingerprint density at radius 2 is 2.00 bits per heavy atom. The standard InChI is InChI=1S/C13H17N5O2/c1-6-4-5-7-9(6)16-11(15-7)8-10(14)17(2)13(20)18(3)12(8)19/h6H,4-5,14H2,1-3H3,(H,15,16). The number of nitrogens with zero attached hydrogens (tertiary/aromatic N) is 3. The first-order valence-corrected chi connectivity index (χ1v) is 6.56. The second-order valence-corrected chi connectivity index (χ2v) is 5.35. The topological polar surface area (TPSA) is 98.7 Å². The van der Waals surface area contributed by atoms with Crippen molar-refractivity contribution in [3.63, 3.8) is 0 Å². The number of aryl methyl sites for hydroxylation is 1. The Morgan fingerprint density at radius 3 is 2.65 bits per heavy atom. The normalized spacial score (nSPS) is 17.4. The second-order valence-electron chi connectivity index (χ2n) is 5.35. The van der Waals surface area contributed by atoms with Crippen molar-refractivity contribution in [1.82, 2.24) is 19.1 Å². The van der Waals surface area contributed by atoms with Crippen LogP contribution in [0.25, 0.3) is 11.4 Å². The largest absolute Gasteiger partial charge is 0.384 e. The van der Waals surface area contributed by atoms with Crippen LogP contribution in [0.5, 0.6) is 0 Å². The molecule has 1 aliphatic carbocycles. The van der Waals surface area contributed by atoms with Crippen LogP contribution in [0.2, 0.25) is 0 Å². The number of aromatic amines is 1. The van der Waals surface area contributed by atoms with Gasteiger partial charge in [-0.3, -0.25) is 13.9 Å². The zero-order chi connectivity index (χ0) is 14.6. The molecule has 2 aromatic rings. The minimum absolute atomic E-state index is 0.137. The smallest absolute Gasteiger partial charge is 0.332 e. The Balaban J connectivity index is 2.29. The van der Waals surface area contributed by atoms with E-state index in [-0.39, 0.29) is 11.4 Å². The summed E-state index contributed by atoms with van der Waals surface area (Å²) in [5.74, 6) is 0.973. The van der Waals surface area contributed by atoms with Crippen molar-refractivity contribution in [1.29, 1.82) is 0 Å². The lowest BCUT2D eigenvalue weighted by atomic mass is 10.1. The van der Waals surface area contributed by atoms with Crippen LogP contribution >= 0.6 is 0 Å². The number of fused-ring (bicyclic) bond motifs is 1. The summed E-state index contributed by atoms with van der Waals surface area (Å²) >= 11 is 0. The summed E-state index contributed by atoms with van der Waals surface area (Å²) in [6, 6.07) is 0. The summed E-state index contributed by atoms with van der Waals surface area (Å²) in [4.78, 5) is 31.8. The third-order valence-electron chi connectivity index (χ3n) is 4.05. The van der Waals surface area contributed by atoms with Gasteiger partial charge in [-0.2, -0.15) is 0 Å². The average Bonchev–Trinajstić information content (AvgIpc) is 2.97. The van der Waals surface area contributed by atoms with Crippen molar-refractivity contribution in [3.05, 3.63) is 32.2 Å². The van der Waals surface area contributed by atoms with Gasteiger partial charge in [-0.1, -0.05) is 6.92 Å². The summed E-state index contributed by atoms with van der Waals surface area (Å²) in [7, 11) is 2.98. The van der Waals surface area contributed by atoms with Crippen LogP contribution in [0, 0.1) is 0 Å². The first-order chi connectivity index (χ1) is 9.41. The fraction of sp³-hybridized carbons (Fsp3) is 0.462. The van der Waals surface area contributed by atoms with Crippen LogP contribution in [0.1, 0.15) is 30.7 Å². The van der Waals surface area contributed by atoms with E-state index in [4.69, 9.17) is 5.73 Å². The van der Waals surface area contributed by atoms with Gasteiger partial charge in [0.1, 0.15) is 17.2 Å². The van der Waals surface area contributed by atoms with E-state index < -0.39 is 11.2 Å². The first kappa shape index (κ1) is 12.7. The lowest BCUT2D eigenvalue weighted by Gasteiger charge is -2.10. The number of nitrogen functional groups attached to an aromatic ring is 1. The van der Waals surface area contributed by atoms with E-state index in [2.05, 4.69) is 16.9 Å². The van der Waals surface area contributed by atoms with E-state index in [1.165, 1.54) is 11.6 Å². The Labute approximate surface area is 115 Å². The van der Waals surface area contributed by atoms with Crippen molar-refractivity contribution >= 4 is 5.82 Å². The fourth-order valence-electron chi connectivity index (χ4n) is 2.72. The third-order valence-corrected chi connectivity index (χ3v) is 4.05. The molecule has 3 rings (SSSR count). The molecule has 1 unspecified atom stereocenters. The highest BCUT2D eigenvalue weighted by Gasteiger charge is 2.26. The molecular weight excluding hydrogens is 258 g/mol. The molecule has 0 radical (unpaired) electrons. The number of rotatable bonds is 1. The van der Waals surface area contributed by atoms with Crippen LogP contribution < -0.4 is 17.0 Å². The molecule has 0 amide bonds. The molecular formula is C13H17N5O2. The van der Waals surface area contributed by atoms with E-state index >= 15 is 0 Å². The van der Waals surface area contributed by atoms with Crippen molar-refractivity contribution in [2.75, 3.05) is 5.73 Å². The number of nitrogens with one attached hydrogen (secondary N) is 1. The predicted octanol–water partition coefficient (Wildman–Crippen LogP) is 0.106. The molecule has 1 aliphatic rings. The van der Waals surface area contributed by atoms with E-state index in [9.17, 15) is 9.59 Å². The average molecular weight is 275 g/mol. The highest BCUT2D eigenvalue weighted by Crippen LogP contribution is 2.32. The van der Waals surface area contributed by atoms with Crippen LogP contribution in [0.3, 0.4) is 0 Å². The van der Waals surface area contributed by atoms with Crippen LogP contribution in [0.4, 0.5) is 5.82 Å². The Morgan fingerprint density at radius 1 is 1.30 bits per heavy atom. The lowest BCUT2D eigenvalue weighted by molar-refractivity contribution is 0.694. The molecule has 7 nitrogen and oxygen atoms in total. The van der Waals surface area contributed by atoms with E-state index in [0.717, 1.165) is 28.8 Å². The van der Waals surface area contributed by atoms with E-state index in [1.54, 1.807) is 7.05 Å². The first-order valence-electron chi connectivity index (χ1n) is 6.56. The number of imidazole rings is 1. The molecule has 0 saturated carbocycles. The monoisotopic (exact) mass is 275 g/mol. The molecule has 7 heteroatoms. The number of aromatic nitrogens is 4. The number of hydrogen-bond donors (Lipinski definition) is 2. The van der Waals surface area contributed by atoms with Crippen molar-refractivity contribution < 1.29 is 0 Å². The van der Waals surface area contributed by atoms with Gasteiger partial charge in [0, 0.05) is 25.7 Å². The minimum atomic E-state index is -0.441. The number of H-pyrrole nitrogens is 1. The van der Waals surface area contributed by atoms with E-state index in [0.29, 0.717) is 11.7 Å². The van der Waals surface area contributed by atoms with Crippen molar-refractivity contribution in [2.45, 2.75) is 25.7 Å². The maximum absolute atomic E-state index is 12.3. The molecule has 0 aliphatic heterocycles. The number of anilines is 1. The van der Waals surface area contributed by atoms with Crippen LogP contribution in [0.15, 0.2) is 9.59 Å². The summed E-state index contributed by atoms with van der Waals surface area (Å²) in [6.07, 6.45) is 1.99. The van der Waals surface area contributed by atoms with Gasteiger partial charge in [-0.15, -0.1) is 0 Å². The Hall–Kier alpha value is -2.31. The van der Waals surface area contributed by atoms with Crippen LogP contribution in [-0.2, 0) is 20.5 Å². The maximum atomic E-state index is 12.3. The molecule has 0 spiro atoms. The van der Waals surface area contributed by atoms with Gasteiger partial charge >= 0.3 is 5.69 Å². The molecule has 106 valence electrons. The summed E-state index contributed by atoms with van der Waals surface area (Å²) < 4.78 is 2.30. The minimum Gasteiger partial charge on any atom is -0.384 e. The lowest BCUT2D eigenvalue weighted by Crippen LogP contribution is -2.39. The molecule has 2 heterocycles. The summed E-state index contributed by atoms with van der Waals surface area (Å²) in [6.45, 7) is 2.11. The van der Waals surface area contributed by atoms with E-state index in [1.807, 2.05) is 0 Å². The van der Waals surface area contributed by atoms with Crippen LogP contribution in [-0.4, -0.2) is 19.1 Å². The molecule has 0 bridgehead atoms. The van der Waals surface area contributed by atoms with Crippen molar-refractivity contribution in [2.24, 2.45) is 14.1 Å². The second kappa shape index (κ2) is 4.09. The Kier molecular flexibility index (Phi) is 2.60. The highest BCUT2D eigenvalue weighted by atomic mass is 16.2. The summed E-state index contributed by atoms with van der Waals surface area (Å²) in [5, 5.41) is 0. The number of nitrogens with two attached hydrogens (primary N) is 1. The molecule has 2 aromatic heterocycles. The Bertz CT molecular complexity index is 811. The molecule has 1 atom stereocenters.